The van der Waals surface area contributed by atoms with Gasteiger partial charge in [0.25, 0.3) is 5.88 Å². The third kappa shape index (κ3) is 3.34. The zero-order chi connectivity index (χ0) is 15.4. The first-order valence-corrected chi connectivity index (χ1v) is 6.96. The van der Waals surface area contributed by atoms with Crippen LogP contribution in [0.2, 0.25) is 0 Å². The van der Waals surface area contributed by atoms with Crippen molar-refractivity contribution in [2.75, 3.05) is 5.73 Å². The standard InChI is InChI=1S/C16H20N4O/c1-11(2)9-20-15(18)14(8-17)16(19-20)21-10-13-7-5-4-6-12(13)3/h4-7,11H,9-10,18H2,1-3H3. The maximum atomic E-state index is 9.24. The van der Waals surface area contributed by atoms with Crippen LogP contribution in [0.4, 0.5) is 5.82 Å². The lowest BCUT2D eigenvalue weighted by atomic mass is 10.1. The summed E-state index contributed by atoms with van der Waals surface area (Å²) in [6, 6.07) is 10.0. The summed E-state index contributed by atoms with van der Waals surface area (Å²) in [5.41, 5.74) is 8.48. The van der Waals surface area contributed by atoms with Crippen LogP contribution < -0.4 is 10.5 Å². The fraction of sp³-hybridized carbons (Fsp3) is 0.375. The van der Waals surface area contributed by atoms with E-state index in [1.54, 1.807) is 4.68 Å². The van der Waals surface area contributed by atoms with Gasteiger partial charge in [-0.2, -0.15) is 5.26 Å². The summed E-state index contributed by atoms with van der Waals surface area (Å²) >= 11 is 0. The van der Waals surface area contributed by atoms with Crippen LogP contribution in [0.15, 0.2) is 24.3 Å². The molecule has 0 aliphatic heterocycles. The van der Waals surface area contributed by atoms with E-state index in [4.69, 9.17) is 10.5 Å². The zero-order valence-corrected chi connectivity index (χ0v) is 12.6. The number of aryl methyl sites for hydroxylation is 1. The quantitative estimate of drug-likeness (QED) is 0.915. The number of nitrogens with zero attached hydrogens (tertiary/aromatic N) is 3. The van der Waals surface area contributed by atoms with Gasteiger partial charge in [0, 0.05) is 6.54 Å². The number of hydrogen-bond acceptors (Lipinski definition) is 4. The van der Waals surface area contributed by atoms with E-state index in [-0.39, 0.29) is 0 Å². The van der Waals surface area contributed by atoms with Crippen molar-refractivity contribution in [2.45, 2.75) is 33.9 Å². The van der Waals surface area contributed by atoms with E-state index in [9.17, 15) is 5.26 Å². The summed E-state index contributed by atoms with van der Waals surface area (Å²) < 4.78 is 7.34. The predicted molar refractivity (Wildman–Crippen MR) is 81.7 cm³/mol. The van der Waals surface area contributed by atoms with Crippen LogP contribution >= 0.6 is 0 Å². The molecule has 0 amide bonds. The Hall–Kier alpha value is -2.48. The molecule has 0 atom stereocenters. The maximum Gasteiger partial charge on any atom is 0.253 e. The van der Waals surface area contributed by atoms with E-state index < -0.39 is 0 Å². The smallest absolute Gasteiger partial charge is 0.253 e. The van der Waals surface area contributed by atoms with Crippen molar-refractivity contribution in [1.82, 2.24) is 9.78 Å². The van der Waals surface area contributed by atoms with Crippen molar-refractivity contribution in [2.24, 2.45) is 5.92 Å². The van der Waals surface area contributed by atoms with Gasteiger partial charge in [-0.1, -0.05) is 38.1 Å². The normalized spacial score (nSPS) is 10.6. The highest BCUT2D eigenvalue weighted by Gasteiger charge is 2.17. The highest BCUT2D eigenvalue weighted by Crippen LogP contribution is 2.24. The van der Waals surface area contributed by atoms with Crippen molar-refractivity contribution in [3.05, 3.63) is 41.0 Å². The monoisotopic (exact) mass is 284 g/mol. The van der Waals surface area contributed by atoms with E-state index in [2.05, 4.69) is 25.0 Å². The van der Waals surface area contributed by atoms with E-state index in [0.717, 1.165) is 11.1 Å². The lowest BCUT2D eigenvalue weighted by molar-refractivity contribution is 0.286. The second-order valence-electron chi connectivity index (χ2n) is 5.47. The second-order valence-corrected chi connectivity index (χ2v) is 5.47. The summed E-state index contributed by atoms with van der Waals surface area (Å²) in [5, 5.41) is 13.5. The molecule has 110 valence electrons. The molecule has 2 N–H and O–H groups in total. The Bertz CT molecular complexity index is 667. The summed E-state index contributed by atoms with van der Waals surface area (Å²) in [7, 11) is 0. The van der Waals surface area contributed by atoms with Gasteiger partial charge in [0.2, 0.25) is 0 Å². The molecule has 0 saturated carbocycles. The summed E-state index contributed by atoms with van der Waals surface area (Å²) in [6.07, 6.45) is 0. The molecule has 0 aliphatic rings. The molecule has 0 saturated heterocycles. The third-order valence-corrected chi connectivity index (χ3v) is 3.24. The molecular formula is C16H20N4O. The minimum absolute atomic E-state index is 0.305. The lowest BCUT2D eigenvalue weighted by Gasteiger charge is -2.07. The molecule has 1 aromatic heterocycles. The molecule has 5 heteroatoms. The molecule has 1 heterocycles. The Kier molecular flexibility index (Phi) is 4.49. The van der Waals surface area contributed by atoms with Crippen LogP contribution in [-0.4, -0.2) is 9.78 Å². The van der Waals surface area contributed by atoms with Gasteiger partial charge in [0.05, 0.1) is 0 Å². The van der Waals surface area contributed by atoms with E-state index in [1.165, 1.54) is 0 Å². The fourth-order valence-corrected chi connectivity index (χ4v) is 2.06. The molecule has 0 aliphatic carbocycles. The molecule has 21 heavy (non-hydrogen) atoms. The molecule has 0 unspecified atom stereocenters. The van der Waals surface area contributed by atoms with Crippen molar-refractivity contribution < 1.29 is 4.74 Å². The Morgan fingerprint density at radius 2 is 2.10 bits per heavy atom. The number of aromatic nitrogens is 2. The number of anilines is 1. The van der Waals surface area contributed by atoms with Crippen molar-refractivity contribution in [3.8, 4) is 11.9 Å². The first kappa shape index (κ1) is 14.9. The van der Waals surface area contributed by atoms with Crippen molar-refractivity contribution in [3.63, 3.8) is 0 Å². The Labute approximate surface area is 124 Å². The molecule has 0 bridgehead atoms. The number of ether oxygens (including phenoxy) is 1. The average molecular weight is 284 g/mol. The second kappa shape index (κ2) is 6.31. The number of benzene rings is 1. The fourth-order valence-electron chi connectivity index (χ4n) is 2.06. The lowest BCUT2D eigenvalue weighted by Crippen LogP contribution is -2.09. The van der Waals surface area contributed by atoms with Crippen LogP contribution in [0.3, 0.4) is 0 Å². The first-order valence-electron chi connectivity index (χ1n) is 6.96. The topological polar surface area (TPSA) is 76.9 Å². The molecule has 2 rings (SSSR count). The van der Waals surface area contributed by atoms with E-state index >= 15 is 0 Å². The van der Waals surface area contributed by atoms with Gasteiger partial charge in [-0.05, 0) is 24.0 Å². The average Bonchev–Trinajstić information content (AvgIpc) is 2.73. The summed E-state index contributed by atoms with van der Waals surface area (Å²) in [4.78, 5) is 0. The van der Waals surface area contributed by atoms with Gasteiger partial charge in [-0.3, -0.25) is 0 Å². The van der Waals surface area contributed by atoms with Gasteiger partial charge >= 0.3 is 0 Å². The predicted octanol–water partition coefficient (Wildman–Crippen LogP) is 2.88. The number of rotatable bonds is 5. The molecule has 5 nitrogen and oxygen atoms in total. The number of hydrogen-bond donors (Lipinski definition) is 1. The zero-order valence-electron chi connectivity index (χ0n) is 12.6. The van der Waals surface area contributed by atoms with Gasteiger partial charge in [0.15, 0.2) is 5.56 Å². The molecule has 0 spiro atoms. The van der Waals surface area contributed by atoms with Crippen molar-refractivity contribution in [1.29, 1.82) is 5.26 Å². The van der Waals surface area contributed by atoms with Crippen LogP contribution in [-0.2, 0) is 13.2 Å². The molecule has 0 fully saturated rings. The van der Waals surface area contributed by atoms with Crippen LogP contribution in [0.5, 0.6) is 5.88 Å². The highest BCUT2D eigenvalue weighted by molar-refractivity contribution is 5.55. The summed E-state index contributed by atoms with van der Waals surface area (Å²) in [6.45, 7) is 7.20. The Morgan fingerprint density at radius 1 is 1.38 bits per heavy atom. The maximum absolute atomic E-state index is 9.24. The third-order valence-electron chi connectivity index (χ3n) is 3.24. The SMILES string of the molecule is Cc1ccccc1COc1nn(CC(C)C)c(N)c1C#N. The minimum Gasteiger partial charge on any atom is -0.471 e. The van der Waals surface area contributed by atoms with E-state index in [1.807, 2.05) is 31.2 Å². The first-order chi connectivity index (χ1) is 10.0. The largest absolute Gasteiger partial charge is 0.471 e. The van der Waals surface area contributed by atoms with E-state index in [0.29, 0.717) is 36.3 Å². The highest BCUT2D eigenvalue weighted by atomic mass is 16.5. The van der Waals surface area contributed by atoms with Crippen LogP contribution in [0, 0.1) is 24.2 Å². The van der Waals surface area contributed by atoms with Crippen LogP contribution in [0.25, 0.3) is 0 Å². The minimum atomic E-state index is 0.305. The van der Waals surface area contributed by atoms with Gasteiger partial charge < -0.3 is 10.5 Å². The van der Waals surface area contributed by atoms with Crippen molar-refractivity contribution >= 4 is 5.82 Å². The van der Waals surface area contributed by atoms with Gasteiger partial charge in [0.1, 0.15) is 18.5 Å². The molecule has 1 aromatic carbocycles. The molecule has 2 aromatic rings. The number of nitriles is 1. The number of nitrogen functional groups attached to an aromatic ring is 1. The Morgan fingerprint density at radius 3 is 2.71 bits per heavy atom. The van der Waals surface area contributed by atoms with Gasteiger partial charge in [-0.25, -0.2) is 4.68 Å². The summed E-state index contributed by atoms with van der Waals surface area (Å²) in [5.74, 6) is 1.06. The Balaban J connectivity index is 2.20. The van der Waals surface area contributed by atoms with Crippen LogP contribution in [0.1, 0.15) is 30.5 Å². The molecule has 0 radical (unpaired) electrons. The van der Waals surface area contributed by atoms with Gasteiger partial charge in [-0.15, -0.1) is 5.10 Å². The molecular weight excluding hydrogens is 264 g/mol. The number of nitrogens with two attached hydrogens (primary N) is 1.